The zero-order valence-corrected chi connectivity index (χ0v) is 16.5. The molecule has 0 unspecified atom stereocenters. The van der Waals surface area contributed by atoms with Gasteiger partial charge in [-0.2, -0.15) is 5.10 Å². The van der Waals surface area contributed by atoms with E-state index in [0.717, 1.165) is 5.52 Å². The molecule has 4 rings (SSSR count). The molecule has 1 heterocycles. The Labute approximate surface area is 171 Å². The average molecular weight is 427 g/mol. The minimum atomic E-state index is -3.86. The molecule has 7 nitrogen and oxygen atoms in total. The summed E-state index contributed by atoms with van der Waals surface area (Å²) < 4.78 is 27.8. The van der Waals surface area contributed by atoms with Crippen molar-refractivity contribution in [1.82, 2.24) is 10.2 Å². The van der Waals surface area contributed by atoms with E-state index in [1.165, 1.54) is 18.2 Å². The van der Waals surface area contributed by atoms with Crippen LogP contribution in [-0.4, -0.2) is 24.5 Å². The minimum absolute atomic E-state index is 0.00200. The standard InChI is InChI=1S/C20H15ClN4O3S/c21-13-5-3-7-15(11-13)25-29(27,28)16-8-4-6-14(12-16)22-20(26)19-17-9-1-2-10-18(17)23-24-19/h1-12,25H,(H,22,26)(H,23,24). The number of hydrogen-bond acceptors (Lipinski definition) is 4. The number of sulfonamides is 1. The first-order valence-corrected chi connectivity index (χ1v) is 10.4. The summed E-state index contributed by atoms with van der Waals surface area (Å²) in [4.78, 5) is 12.6. The normalized spacial score (nSPS) is 11.3. The molecule has 0 aliphatic heterocycles. The first-order valence-electron chi connectivity index (χ1n) is 8.55. The second kappa shape index (κ2) is 7.57. The van der Waals surface area contributed by atoms with Crippen LogP contribution in [0.2, 0.25) is 5.02 Å². The third-order valence-electron chi connectivity index (χ3n) is 4.16. The number of nitrogens with zero attached hydrogens (tertiary/aromatic N) is 1. The Hall–Kier alpha value is -3.36. The highest BCUT2D eigenvalue weighted by atomic mass is 35.5. The Bertz CT molecular complexity index is 1320. The molecular weight excluding hydrogens is 412 g/mol. The van der Waals surface area contributed by atoms with Gasteiger partial charge in [0.15, 0.2) is 5.69 Å². The zero-order chi connectivity index (χ0) is 20.4. The summed E-state index contributed by atoms with van der Waals surface area (Å²) in [7, 11) is -3.86. The van der Waals surface area contributed by atoms with Gasteiger partial charge in [-0.1, -0.05) is 41.9 Å². The van der Waals surface area contributed by atoms with Crippen molar-refractivity contribution >= 4 is 49.8 Å². The summed E-state index contributed by atoms with van der Waals surface area (Å²) in [5, 5.41) is 10.6. The van der Waals surface area contributed by atoms with Gasteiger partial charge in [-0.25, -0.2) is 8.42 Å². The highest BCUT2D eigenvalue weighted by molar-refractivity contribution is 7.92. The Morgan fingerprint density at radius 2 is 1.69 bits per heavy atom. The van der Waals surface area contributed by atoms with Crippen molar-refractivity contribution in [3.63, 3.8) is 0 Å². The highest BCUT2D eigenvalue weighted by Crippen LogP contribution is 2.22. The van der Waals surface area contributed by atoms with Crippen LogP contribution in [-0.2, 0) is 10.0 Å². The number of amides is 1. The molecule has 0 bridgehead atoms. The molecule has 0 fully saturated rings. The van der Waals surface area contributed by atoms with E-state index in [1.807, 2.05) is 18.2 Å². The number of carbonyl (C=O) groups excluding carboxylic acids is 1. The molecule has 29 heavy (non-hydrogen) atoms. The summed E-state index contributed by atoms with van der Waals surface area (Å²) in [6.07, 6.45) is 0. The molecule has 0 aliphatic carbocycles. The second-order valence-corrected chi connectivity index (χ2v) is 8.33. The molecule has 9 heteroatoms. The fraction of sp³-hybridized carbons (Fsp3) is 0. The average Bonchev–Trinajstić information content (AvgIpc) is 3.12. The van der Waals surface area contributed by atoms with Gasteiger partial charge in [0.2, 0.25) is 0 Å². The molecule has 1 aromatic heterocycles. The number of aromatic amines is 1. The molecule has 0 aliphatic rings. The molecule has 0 saturated carbocycles. The number of anilines is 2. The third kappa shape index (κ3) is 4.08. The summed E-state index contributed by atoms with van der Waals surface area (Å²) in [5.41, 5.74) is 1.64. The first kappa shape index (κ1) is 19.0. The molecule has 0 spiro atoms. The maximum absolute atomic E-state index is 12.7. The van der Waals surface area contributed by atoms with Gasteiger partial charge in [-0.15, -0.1) is 0 Å². The SMILES string of the molecule is O=C(Nc1cccc(S(=O)(=O)Nc2cccc(Cl)c2)c1)c1n[nH]c2ccccc12. The lowest BCUT2D eigenvalue weighted by Gasteiger charge is -2.10. The lowest BCUT2D eigenvalue weighted by atomic mass is 10.2. The van der Waals surface area contributed by atoms with Gasteiger partial charge in [0.25, 0.3) is 15.9 Å². The van der Waals surface area contributed by atoms with E-state index in [2.05, 4.69) is 20.2 Å². The Morgan fingerprint density at radius 3 is 2.52 bits per heavy atom. The number of rotatable bonds is 5. The van der Waals surface area contributed by atoms with Gasteiger partial charge in [0.05, 0.1) is 16.1 Å². The largest absolute Gasteiger partial charge is 0.321 e. The molecule has 146 valence electrons. The van der Waals surface area contributed by atoms with Crippen LogP contribution in [0.3, 0.4) is 0 Å². The summed E-state index contributed by atoms with van der Waals surface area (Å²) in [6, 6.07) is 19.6. The van der Waals surface area contributed by atoms with Crippen LogP contribution in [0.4, 0.5) is 11.4 Å². The van der Waals surface area contributed by atoms with E-state index in [9.17, 15) is 13.2 Å². The van der Waals surface area contributed by atoms with Crippen molar-refractivity contribution in [2.24, 2.45) is 0 Å². The number of H-pyrrole nitrogens is 1. The number of halogens is 1. The highest BCUT2D eigenvalue weighted by Gasteiger charge is 2.17. The lowest BCUT2D eigenvalue weighted by molar-refractivity contribution is 0.102. The predicted molar refractivity (Wildman–Crippen MR) is 113 cm³/mol. The predicted octanol–water partition coefficient (Wildman–Crippen LogP) is 4.27. The van der Waals surface area contributed by atoms with E-state index < -0.39 is 15.9 Å². The van der Waals surface area contributed by atoms with Crippen molar-refractivity contribution in [1.29, 1.82) is 0 Å². The summed E-state index contributed by atoms with van der Waals surface area (Å²) >= 11 is 5.90. The van der Waals surface area contributed by atoms with Crippen LogP contribution in [0.15, 0.2) is 77.7 Å². The number of aromatic nitrogens is 2. The van der Waals surface area contributed by atoms with Crippen LogP contribution in [0.1, 0.15) is 10.5 Å². The molecule has 3 aromatic carbocycles. The minimum Gasteiger partial charge on any atom is -0.321 e. The lowest BCUT2D eigenvalue weighted by Crippen LogP contribution is -2.15. The fourth-order valence-electron chi connectivity index (χ4n) is 2.83. The fourth-order valence-corrected chi connectivity index (χ4v) is 4.12. The molecule has 0 atom stereocenters. The molecule has 0 radical (unpaired) electrons. The van der Waals surface area contributed by atoms with Gasteiger partial charge in [0.1, 0.15) is 0 Å². The second-order valence-electron chi connectivity index (χ2n) is 6.22. The van der Waals surface area contributed by atoms with Gasteiger partial charge in [-0.3, -0.25) is 14.6 Å². The number of hydrogen-bond donors (Lipinski definition) is 3. The van der Waals surface area contributed by atoms with Crippen molar-refractivity contribution < 1.29 is 13.2 Å². The van der Waals surface area contributed by atoms with Crippen LogP contribution in [0.5, 0.6) is 0 Å². The van der Waals surface area contributed by atoms with Gasteiger partial charge >= 0.3 is 0 Å². The van der Waals surface area contributed by atoms with E-state index in [1.54, 1.807) is 36.4 Å². The van der Waals surface area contributed by atoms with Gasteiger partial charge in [0, 0.05) is 16.1 Å². The molecular formula is C20H15ClN4O3S. The molecule has 3 N–H and O–H groups in total. The maximum Gasteiger partial charge on any atom is 0.276 e. The molecule has 0 saturated heterocycles. The van der Waals surface area contributed by atoms with Gasteiger partial charge in [-0.05, 0) is 42.5 Å². The number of para-hydroxylation sites is 1. The van der Waals surface area contributed by atoms with Crippen molar-refractivity contribution in [2.45, 2.75) is 4.90 Å². The van der Waals surface area contributed by atoms with E-state index in [4.69, 9.17) is 11.6 Å². The van der Waals surface area contributed by atoms with Crippen molar-refractivity contribution in [3.05, 3.63) is 83.5 Å². The topological polar surface area (TPSA) is 104 Å². The van der Waals surface area contributed by atoms with Gasteiger partial charge < -0.3 is 5.32 Å². The maximum atomic E-state index is 12.7. The first-order chi connectivity index (χ1) is 13.9. The van der Waals surface area contributed by atoms with Crippen LogP contribution < -0.4 is 10.0 Å². The van der Waals surface area contributed by atoms with Crippen molar-refractivity contribution in [3.8, 4) is 0 Å². The Morgan fingerprint density at radius 1 is 0.931 bits per heavy atom. The number of fused-ring (bicyclic) bond motifs is 1. The van der Waals surface area contributed by atoms with E-state index in [0.29, 0.717) is 21.8 Å². The van der Waals surface area contributed by atoms with Crippen LogP contribution in [0.25, 0.3) is 10.9 Å². The third-order valence-corrected chi connectivity index (χ3v) is 5.78. The Kier molecular flexibility index (Phi) is 4.96. The molecule has 1 amide bonds. The Balaban J connectivity index is 1.57. The monoisotopic (exact) mass is 426 g/mol. The van der Waals surface area contributed by atoms with Crippen LogP contribution in [0, 0.1) is 0 Å². The quantitative estimate of drug-likeness (QED) is 0.443. The van der Waals surface area contributed by atoms with E-state index in [-0.39, 0.29) is 10.6 Å². The summed E-state index contributed by atoms with van der Waals surface area (Å²) in [6.45, 7) is 0. The molecule has 4 aromatic rings. The number of nitrogens with one attached hydrogen (secondary N) is 3. The van der Waals surface area contributed by atoms with Crippen molar-refractivity contribution in [2.75, 3.05) is 10.0 Å². The number of benzene rings is 3. The smallest absolute Gasteiger partial charge is 0.276 e. The van der Waals surface area contributed by atoms with Crippen LogP contribution >= 0.6 is 11.6 Å². The zero-order valence-electron chi connectivity index (χ0n) is 14.9. The van der Waals surface area contributed by atoms with E-state index >= 15 is 0 Å². The summed E-state index contributed by atoms with van der Waals surface area (Å²) in [5.74, 6) is -0.445. The number of carbonyl (C=O) groups is 1.